The SMILES string of the molecule is O=[N+]([O-])c1ccccc1-c1ccc2c(c1)c1sccc1n2-c1ccccc1. The number of thiophene rings is 1. The number of aromatic nitrogens is 1. The highest BCUT2D eigenvalue weighted by atomic mass is 32.1. The van der Waals surface area contributed by atoms with Crippen molar-refractivity contribution in [3.05, 3.63) is 94.4 Å². The number of hydrogen-bond donors (Lipinski definition) is 0. The van der Waals surface area contributed by atoms with Crippen molar-refractivity contribution in [1.82, 2.24) is 4.57 Å². The van der Waals surface area contributed by atoms with E-state index in [9.17, 15) is 10.1 Å². The maximum absolute atomic E-state index is 11.4. The Kier molecular flexibility index (Phi) is 3.55. The Hall–Kier alpha value is -3.44. The van der Waals surface area contributed by atoms with E-state index in [1.807, 2.05) is 30.3 Å². The van der Waals surface area contributed by atoms with Gasteiger partial charge < -0.3 is 4.57 Å². The number of nitrogens with zero attached hydrogens (tertiary/aromatic N) is 2. The Morgan fingerprint density at radius 2 is 1.63 bits per heavy atom. The van der Waals surface area contributed by atoms with Crippen molar-refractivity contribution in [2.45, 2.75) is 0 Å². The number of benzene rings is 3. The Morgan fingerprint density at radius 1 is 0.852 bits per heavy atom. The van der Waals surface area contributed by atoms with Gasteiger partial charge in [-0.3, -0.25) is 10.1 Å². The normalized spacial score (nSPS) is 11.3. The first-order chi connectivity index (χ1) is 13.2. The topological polar surface area (TPSA) is 48.1 Å². The summed E-state index contributed by atoms with van der Waals surface area (Å²) < 4.78 is 3.43. The van der Waals surface area contributed by atoms with Gasteiger partial charge in [-0.25, -0.2) is 0 Å². The highest BCUT2D eigenvalue weighted by Crippen LogP contribution is 2.39. The van der Waals surface area contributed by atoms with Crippen LogP contribution in [0.2, 0.25) is 0 Å². The molecule has 130 valence electrons. The molecule has 0 spiro atoms. The molecular formula is C22H14N2O2S. The van der Waals surface area contributed by atoms with E-state index in [-0.39, 0.29) is 10.6 Å². The van der Waals surface area contributed by atoms with Crippen LogP contribution >= 0.6 is 11.3 Å². The van der Waals surface area contributed by atoms with Crippen molar-refractivity contribution in [2.75, 3.05) is 0 Å². The van der Waals surface area contributed by atoms with Gasteiger partial charge in [0.05, 0.1) is 26.2 Å². The van der Waals surface area contributed by atoms with Gasteiger partial charge >= 0.3 is 0 Å². The Bertz CT molecular complexity index is 1300. The maximum Gasteiger partial charge on any atom is 0.277 e. The smallest absolute Gasteiger partial charge is 0.277 e. The third kappa shape index (κ3) is 2.44. The molecule has 4 nitrogen and oxygen atoms in total. The summed E-state index contributed by atoms with van der Waals surface area (Å²) in [5, 5.41) is 14.6. The van der Waals surface area contributed by atoms with Gasteiger partial charge in [-0.1, -0.05) is 36.4 Å². The van der Waals surface area contributed by atoms with Crippen molar-refractivity contribution in [3.8, 4) is 16.8 Å². The highest BCUT2D eigenvalue weighted by molar-refractivity contribution is 7.18. The summed E-state index contributed by atoms with van der Waals surface area (Å²) >= 11 is 1.69. The average Bonchev–Trinajstić information content (AvgIpc) is 3.29. The first-order valence-corrected chi connectivity index (χ1v) is 9.43. The van der Waals surface area contributed by atoms with Crippen molar-refractivity contribution in [2.24, 2.45) is 0 Å². The van der Waals surface area contributed by atoms with Crippen molar-refractivity contribution >= 4 is 38.1 Å². The highest BCUT2D eigenvalue weighted by Gasteiger charge is 2.17. The Morgan fingerprint density at radius 3 is 2.44 bits per heavy atom. The van der Waals surface area contributed by atoms with E-state index < -0.39 is 0 Å². The van der Waals surface area contributed by atoms with Gasteiger partial charge in [0.15, 0.2) is 0 Å². The van der Waals surface area contributed by atoms with E-state index in [0.717, 1.165) is 27.7 Å². The van der Waals surface area contributed by atoms with Crippen LogP contribution in [0.3, 0.4) is 0 Å². The van der Waals surface area contributed by atoms with Gasteiger partial charge in [0.25, 0.3) is 5.69 Å². The van der Waals surface area contributed by atoms with Gasteiger partial charge in [0.1, 0.15) is 0 Å². The second-order valence-corrected chi connectivity index (χ2v) is 7.23. The summed E-state index contributed by atoms with van der Waals surface area (Å²) in [6, 6.07) is 25.3. The summed E-state index contributed by atoms with van der Waals surface area (Å²) in [7, 11) is 0. The lowest BCUT2D eigenvalue weighted by atomic mass is 10.0. The first-order valence-electron chi connectivity index (χ1n) is 8.55. The fourth-order valence-electron chi connectivity index (χ4n) is 3.62. The molecular weight excluding hydrogens is 356 g/mol. The number of para-hydroxylation sites is 2. The zero-order valence-electron chi connectivity index (χ0n) is 14.2. The van der Waals surface area contributed by atoms with E-state index >= 15 is 0 Å². The van der Waals surface area contributed by atoms with Gasteiger partial charge in [0.2, 0.25) is 0 Å². The van der Waals surface area contributed by atoms with Gasteiger partial charge in [-0.15, -0.1) is 11.3 Å². The molecule has 2 heterocycles. The molecule has 0 atom stereocenters. The molecule has 0 saturated heterocycles. The van der Waals surface area contributed by atoms with Crippen LogP contribution in [0.1, 0.15) is 0 Å². The Labute approximate surface area is 159 Å². The zero-order valence-corrected chi connectivity index (χ0v) is 15.0. The minimum atomic E-state index is -0.324. The predicted molar refractivity (Wildman–Crippen MR) is 111 cm³/mol. The molecule has 5 heteroatoms. The maximum atomic E-state index is 11.4. The number of hydrogen-bond acceptors (Lipinski definition) is 3. The molecule has 27 heavy (non-hydrogen) atoms. The molecule has 0 unspecified atom stereocenters. The number of nitro groups is 1. The fraction of sp³-hybridized carbons (Fsp3) is 0. The molecule has 5 aromatic rings. The van der Waals surface area contributed by atoms with Crippen molar-refractivity contribution in [1.29, 1.82) is 0 Å². The molecule has 0 bridgehead atoms. The molecule has 0 saturated carbocycles. The standard InChI is InChI=1S/C22H14N2O2S/c25-24(26)20-9-5-4-8-17(20)15-10-11-19-18(14-15)22-21(12-13-27-22)23(19)16-6-2-1-3-7-16/h1-14H. The largest absolute Gasteiger partial charge is 0.308 e. The molecule has 0 aliphatic rings. The molecule has 0 amide bonds. The minimum absolute atomic E-state index is 0.127. The fourth-order valence-corrected chi connectivity index (χ4v) is 4.53. The van der Waals surface area contributed by atoms with Crippen LogP contribution < -0.4 is 0 Å². The van der Waals surface area contributed by atoms with Crippen LogP contribution in [0, 0.1) is 10.1 Å². The van der Waals surface area contributed by atoms with Crippen LogP contribution in [0.15, 0.2) is 84.2 Å². The van der Waals surface area contributed by atoms with Crippen LogP contribution in [0.25, 0.3) is 37.9 Å². The number of nitro benzene ring substituents is 1. The van der Waals surface area contributed by atoms with Crippen molar-refractivity contribution < 1.29 is 4.92 Å². The molecule has 0 aliphatic carbocycles. The first kappa shape index (κ1) is 15.8. The molecule has 0 N–H and O–H groups in total. The van der Waals surface area contributed by atoms with Crippen LogP contribution in [0.5, 0.6) is 0 Å². The van der Waals surface area contributed by atoms with E-state index in [2.05, 4.69) is 40.3 Å². The third-order valence-electron chi connectivity index (χ3n) is 4.79. The predicted octanol–water partition coefficient (Wildman–Crippen LogP) is 6.42. The van der Waals surface area contributed by atoms with E-state index in [0.29, 0.717) is 5.56 Å². The monoisotopic (exact) mass is 370 g/mol. The molecule has 0 aliphatic heterocycles. The van der Waals surface area contributed by atoms with Gasteiger partial charge in [-0.2, -0.15) is 0 Å². The van der Waals surface area contributed by atoms with Crippen LogP contribution in [-0.4, -0.2) is 9.49 Å². The van der Waals surface area contributed by atoms with Crippen LogP contribution in [-0.2, 0) is 0 Å². The lowest BCUT2D eigenvalue weighted by Crippen LogP contribution is -1.93. The quantitative estimate of drug-likeness (QED) is 0.272. The number of rotatable bonds is 3. The lowest BCUT2D eigenvalue weighted by molar-refractivity contribution is -0.384. The van der Waals surface area contributed by atoms with E-state index in [4.69, 9.17) is 0 Å². The van der Waals surface area contributed by atoms with Gasteiger partial charge in [-0.05, 0) is 47.3 Å². The van der Waals surface area contributed by atoms with Gasteiger partial charge in [0, 0.05) is 17.1 Å². The lowest BCUT2D eigenvalue weighted by Gasteiger charge is -2.08. The summed E-state index contributed by atoms with van der Waals surface area (Å²) in [6.45, 7) is 0. The zero-order chi connectivity index (χ0) is 18.4. The Balaban J connectivity index is 1.81. The number of fused-ring (bicyclic) bond motifs is 3. The molecule has 2 aromatic heterocycles. The summed E-state index contributed by atoms with van der Waals surface area (Å²) in [6.07, 6.45) is 0. The minimum Gasteiger partial charge on any atom is -0.308 e. The molecule has 3 aromatic carbocycles. The summed E-state index contributed by atoms with van der Waals surface area (Å²) in [5.74, 6) is 0. The second-order valence-electron chi connectivity index (χ2n) is 6.31. The second kappa shape index (κ2) is 6.07. The summed E-state index contributed by atoms with van der Waals surface area (Å²) in [5.41, 5.74) is 4.99. The van der Waals surface area contributed by atoms with E-state index in [1.54, 1.807) is 29.5 Å². The van der Waals surface area contributed by atoms with Crippen LogP contribution in [0.4, 0.5) is 5.69 Å². The molecule has 0 fully saturated rings. The van der Waals surface area contributed by atoms with Crippen molar-refractivity contribution in [3.63, 3.8) is 0 Å². The third-order valence-corrected chi connectivity index (χ3v) is 5.73. The summed E-state index contributed by atoms with van der Waals surface area (Å²) in [4.78, 5) is 11.1. The van der Waals surface area contributed by atoms with E-state index in [1.165, 1.54) is 4.70 Å². The average molecular weight is 370 g/mol. The molecule has 0 radical (unpaired) electrons. The molecule has 5 rings (SSSR count).